The van der Waals surface area contributed by atoms with Crippen molar-refractivity contribution in [2.24, 2.45) is 23.2 Å². The van der Waals surface area contributed by atoms with Gasteiger partial charge in [0.2, 0.25) is 0 Å². The largest absolute Gasteiger partial charge is 0.388 e. The lowest BCUT2D eigenvalue weighted by molar-refractivity contribution is -0.107. The molecule has 1 unspecified atom stereocenters. The van der Waals surface area contributed by atoms with Crippen LogP contribution in [-0.2, 0) is 0 Å². The third-order valence-corrected chi connectivity index (χ3v) is 5.13. The monoisotopic (exact) mass is 206 g/mol. The maximum Gasteiger partial charge on any atom is 0.0801 e. The molecule has 0 saturated heterocycles. The normalized spacial score (nSPS) is 49.3. The summed E-state index contributed by atoms with van der Waals surface area (Å²) in [6.07, 6.45) is 7.92. The Balaban J connectivity index is 1.89. The predicted octanol–water partition coefficient (Wildman–Crippen LogP) is 3.14. The minimum atomic E-state index is -0.231. The zero-order valence-electron chi connectivity index (χ0n) is 9.71. The van der Waals surface area contributed by atoms with E-state index in [1.165, 1.54) is 38.5 Å². The van der Waals surface area contributed by atoms with Crippen LogP contribution in [0.2, 0.25) is 0 Å². The van der Waals surface area contributed by atoms with Crippen LogP contribution in [0.25, 0.3) is 0 Å². The standard InChI is InChI=1S/C14H22O/c1-9(2)13(15)14-6-10-3-11(7-14)5-12(4-10)8-14/h10-13,15H,1,3-8H2,2H3. The van der Waals surface area contributed by atoms with Gasteiger partial charge in [-0.15, -0.1) is 0 Å². The maximum atomic E-state index is 10.4. The maximum absolute atomic E-state index is 10.4. The fourth-order valence-electron chi connectivity index (χ4n) is 5.04. The molecule has 1 N–H and O–H groups in total. The lowest BCUT2D eigenvalue weighted by atomic mass is 9.48. The highest BCUT2D eigenvalue weighted by Crippen LogP contribution is 2.61. The molecule has 0 heterocycles. The molecule has 1 nitrogen and oxygen atoms in total. The molecule has 0 aromatic carbocycles. The van der Waals surface area contributed by atoms with Gasteiger partial charge < -0.3 is 5.11 Å². The van der Waals surface area contributed by atoms with Crippen molar-refractivity contribution >= 4 is 0 Å². The van der Waals surface area contributed by atoms with Gasteiger partial charge in [0, 0.05) is 5.41 Å². The van der Waals surface area contributed by atoms with Crippen molar-refractivity contribution in [3.05, 3.63) is 12.2 Å². The highest BCUT2D eigenvalue weighted by molar-refractivity contribution is 5.12. The fraction of sp³-hybridized carbons (Fsp3) is 0.857. The third-order valence-electron chi connectivity index (χ3n) is 5.13. The quantitative estimate of drug-likeness (QED) is 0.688. The number of hydrogen-bond donors (Lipinski definition) is 1. The van der Waals surface area contributed by atoms with E-state index in [9.17, 15) is 5.11 Å². The van der Waals surface area contributed by atoms with E-state index in [1.54, 1.807) is 0 Å². The molecule has 84 valence electrons. The molecule has 4 aliphatic carbocycles. The van der Waals surface area contributed by atoms with Crippen molar-refractivity contribution in [1.29, 1.82) is 0 Å². The molecule has 4 fully saturated rings. The summed E-state index contributed by atoms with van der Waals surface area (Å²) < 4.78 is 0. The molecule has 1 atom stereocenters. The van der Waals surface area contributed by atoms with Gasteiger partial charge in [-0.25, -0.2) is 0 Å². The van der Waals surface area contributed by atoms with E-state index in [2.05, 4.69) is 6.58 Å². The van der Waals surface area contributed by atoms with E-state index >= 15 is 0 Å². The van der Waals surface area contributed by atoms with E-state index in [0.29, 0.717) is 0 Å². The molecule has 0 aliphatic heterocycles. The molecule has 0 amide bonds. The second-order valence-corrected chi connectivity index (χ2v) is 6.53. The van der Waals surface area contributed by atoms with Crippen LogP contribution in [0.15, 0.2) is 12.2 Å². The number of aliphatic hydroxyl groups excluding tert-OH is 1. The summed E-state index contributed by atoms with van der Waals surface area (Å²) in [5.74, 6) is 2.76. The zero-order chi connectivity index (χ0) is 10.6. The lowest BCUT2D eigenvalue weighted by Gasteiger charge is -2.58. The van der Waals surface area contributed by atoms with E-state index in [-0.39, 0.29) is 11.5 Å². The van der Waals surface area contributed by atoms with Gasteiger partial charge in [-0.1, -0.05) is 12.2 Å². The van der Waals surface area contributed by atoms with Crippen molar-refractivity contribution in [2.75, 3.05) is 0 Å². The van der Waals surface area contributed by atoms with Crippen LogP contribution >= 0.6 is 0 Å². The number of hydrogen-bond acceptors (Lipinski definition) is 1. The summed E-state index contributed by atoms with van der Waals surface area (Å²) in [7, 11) is 0. The zero-order valence-corrected chi connectivity index (χ0v) is 9.71. The van der Waals surface area contributed by atoms with Crippen LogP contribution in [0.4, 0.5) is 0 Å². The summed E-state index contributed by atoms with van der Waals surface area (Å²) in [6, 6.07) is 0. The minimum absolute atomic E-state index is 0.231. The van der Waals surface area contributed by atoms with Gasteiger partial charge in [0.1, 0.15) is 0 Å². The molecule has 4 bridgehead atoms. The first-order valence-corrected chi connectivity index (χ1v) is 6.42. The molecular weight excluding hydrogens is 184 g/mol. The smallest absolute Gasteiger partial charge is 0.0801 e. The van der Waals surface area contributed by atoms with Crippen LogP contribution in [0.1, 0.15) is 45.4 Å². The first-order valence-electron chi connectivity index (χ1n) is 6.42. The average molecular weight is 206 g/mol. The Labute approximate surface area is 92.6 Å². The Bertz CT molecular complexity index is 256. The molecule has 4 aliphatic rings. The summed E-state index contributed by atoms with van der Waals surface area (Å²) in [5, 5.41) is 10.4. The second-order valence-electron chi connectivity index (χ2n) is 6.53. The van der Waals surface area contributed by atoms with E-state index in [4.69, 9.17) is 0 Å². The van der Waals surface area contributed by atoms with Crippen LogP contribution in [0.5, 0.6) is 0 Å². The van der Waals surface area contributed by atoms with Gasteiger partial charge in [0.05, 0.1) is 6.10 Å². The van der Waals surface area contributed by atoms with Gasteiger partial charge in [0.15, 0.2) is 0 Å². The van der Waals surface area contributed by atoms with Gasteiger partial charge >= 0.3 is 0 Å². The predicted molar refractivity (Wildman–Crippen MR) is 61.4 cm³/mol. The SMILES string of the molecule is C=C(C)C(O)C12CC3CC(CC(C3)C1)C2. The van der Waals surface area contributed by atoms with E-state index < -0.39 is 0 Å². The van der Waals surface area contributed by atoms with Gasteiger partial charge in [-0.3, -0.25) is 0 Å². The van der Waals surface area contributed by atoms with Crippen molar-refractivity contribution < 1.29 is 5.11 Å². The van der Waals surface area contributed by atoms with Gasteiger partial charge in [-0.05, 0) is 63.2 Å². The molecule has 4 saturated carbocycles. The van der Waals surface area contributed by atoms with Crippen molar-refractivity contribution in [3.8, 4) is 0 Å². The number of rotatable bonds is 2. The fourth-order valence-corrected chi connectivity index (χ4v) is 5.04. The lowest BCUT2D eigenvalue weighted by Crippen LogP contribution is -2.51. The van der Waals surface area contributed by atoms with Crippen LogP contribution in [0.3, 0.4) is 0 Å². The molecule has 4 rings (SSSR count). The minimum Gasteiger partial charge on any atom is -0.388 e. The van der Waals surface area contributed by atoms with Crippen LogP contribution < -0.4 is 0 Å². The number of aliphatic hydroxyl groups is 1. The Morgan fingerprint density at radius 2 is 1.53 bits per heavy atom. The Morgan fingerprint density at radius 3 is 1.87 bits per heavy atom. The molecule has 0 radical (unpaired) electrons. The van der Waals surface area contributed by atoms with E-state index in [0.717, 1.165) is 23.3 Å². The molecule has 15 heavy (non-hydrogen) atoms. The molecule has 0 aromatic rings. The Kier molecular flexibility index (Phi) is 2.04. The Hall–Kier alpha value is -0.300. The van der Waals surface area contributed by atoms with Crippen molar-refractivity contribution in [1.82, 2.24) is 0 Å². The topological polar surface area (TPSA) is 20.2 Å². The summed E-state index contributed by atoms with van der Waals surface area (Å²) >= 11 is 0. The third kappa shape index (κ3) is 1.39. The first kappa shape index (κ1) is 9.89. The van der Waals surface area contributed by atoms with Gasteiger partial charge in [-0.2, -0.15) is 0 Å². The average Bonchev–Trinajstić information content (AvgIpc) is 2.14. The molecule has 0 aromatic heterocycles. The summed E-state index contributed by atoms with van der Waals surface area (Å²) in [6.45, 7) is 5.95. The van der Waals surface area contributed by atoms with Crippen LogP contribution in [-0.4, -0.2) is 11.2 Å². The summed E-state index contributed by atoms with van der Waals surface area (Å²) in [4.78, 5) is 0. The molecule has 0 spiro atoms. The molecule has 1 heteroatoms. The molecular formula is C14H22O. The van der Waals surface area contributed by atoms with Crippen LogP contribution in [0, 0.1) is 23.2 Å². The highest BCUT2D eigenvalue weighted by Gasteiger charge is 2.53. The Morgan fingerprint density at radius 1 is 1.13 bits per heavy atom. The van der Waals surface area contributed by atoms with Crippen molar-refractivity contribution in [3.63, 3.8) is 0 Å². The second kappa shape index (κ2) is 3.10. The first-order chi connectivity index (χ1) is 7.09. The van der Waals surface area contributed by atoms with E-state index in [1.807, 2.05) is 6.92 Å². The summed E-state index contributed by atoms with van der Waals surface area (Å²) in [5.41, 5.74) is 1.22. The van der Waals surface area contributed by atoms with Gasteiger partial charge in [0.25, 0.3) is 0 Å². The highest BCUT2D eigenvalue weighted by atomic mass is 16.3. The van der Waals surface area contributed by atoms with Crippen molar-refractivity contribution in [2.45, 2.75) is 51.6 Å².